The molecule has 0 bridgehead atoms. The summed E-state index contributed by atoms with van der Waals surface area (Å²) in [6.07, 6.45) is 0.984. The van der Waals surface area contributed by atoms with Gasteiger partial charge in [-0.3, -0.25) is 4.79 Å². The first-order valence-corrected chi connectivity index (χ1v) is 7.87. The number of aromatic nitrogens is 1. The van der Waals surface area contributed by atoms with Gasteiger partial charge in [0.05, 0.1) is 29.6 Å². The van der Waals surface area contributed by atoms with E-state index in [4.69, 9.17) is 5.11 Å². The van der Waals surface area contributed by atoms with Crippen LogP contribution in [0.15, 0.2) is 22.9 Å². The summed E-state index contributed by atoms with van der Waals surface area (Å²) in [7, 11) is 0. The van der Waals surface area contributed by atoms with Crippen molar-refractivity contribution < 1.29 is 9.90 Å². The SMILES string of the molecule is CC[C@@H](CO)NC(=O)Cc1csc(-c2cccs2)n1. The molecule has 4 nitrogen and oxygen atoms in total. The predicted octanol–water partition coefficient (Wildman–Crippen LogP) is 2.30. The Morgan fingerprint density at radius 3 is 3.00 bits per heavy atom. The Kier molecular flexibility index (Phi) is 5.07. The van der Waals surface area contributed by atoms with Gasteiger partial charge in [-0.1, -0.05) is 13.0 Å². The van der Waals surface area contributed by atoms with Crippen LogP contribution >= 0.6 is 22.7 Å². The van der Waals surface area contributed by atoms with Crippen LogP contribution < -0.4 is 5.32 Å². The number of carbonyl (C=O) groups is 1. The number of hydrogen-bond acceptors (Lipinski definition) is 5. The number of nitrogens with zero attached hydrogens (tertiary/aromatic N) is 1. The quantitative estimate of drug-likeness (QED) is 0.860. The molecular formula is C13H16N2O2S2. The standard InChI is InChI=1S/C13H16N2O2S2/c1-2-9(7-16)14-12(17)6-10-8-19-13(15-10)11-4-3-5-18-11/h3-5,8-9,16H,2,6-7H2,1H3,(H,14,17)/t9-/m0/s1. The molecule has 0 aliphatic carbocycles. The zero-order valence-electron chi connectivity index (χ0n) is 10.6. The van der Waals surface area contributed by atoms with Crippen molar-refractivity contribution in [3.63, 3.8) is 0 Å². The van der Waals surface area contributed by atoms with Gasteiger partial charge in [0.1, 0.15) is 5.01 Å². The van der Waals surface area contributed by atoms with Crippen molar-refractivity contribution in [2.24, 2.45) is 0 Å². The fraction of sp³-hybridized carbons (Fsp3) is 0.385. The largest absolute Gasteiger partial charge is 0.394 e. The lowest BCUT2D eigenvalue weighted by Gasteiger charge is -2.13. The number of aliphatic hydroxyl groups is 1. The minimum atomic E-state index is -0.164. The van der Waals surface area contributed by atoms with Crippen molar-refractivity contribution in [2.45, 2.75) is 25.8 Å². The molecule has 2 aromatic heterocycles. The van der Waals surface area contributed by atoms with Crippen LogP contribution in [0.1, 0.15) is 19.0 Å². The molecule has 2 rings (SSSR count). The van der Waals surface area contributed by atoms with Gasteiger partial charge in [-0.25, -0.2) is 4.98 Å². The van der Waals surface area contributed by atoms with Crippen LogP contribution in [0.4, 0.5) is 0 Å². The topological polar surface area (TPSA) is 62.2 Å². The zero-order chi connectivity index (χ0) is 13.7. The summed E-state index contributed by atoms with van der Waals surface area (Å²) in [4.78, 5) is 17.4. The highest BCUT2D eigenvalue weighted by molar-refractivity contribution is 7.20. The molecule has 0 aliphatic heterocycles. The molecule has 0 unspecified atom stereocenters. The van der Waals surface area contributed by atoms with E-state index in [9.17, 15) is 4.79 Å². The molecule has 19 heavy (non-hydrogen) atoms. The van der Waals surface area contributed by atoms with E-state index >= 15 is 0 Å². The maximum Gasteiger partial charge on any atom is 0.226 e. The molecule has 0 saturated heterocycles. The summed E-state index contributed by atoms with van der Waals surface area (Å²) in [5, 5.41) is 16.7. The molecule has 2 aromatic rings. The van der Waals surface area contributed by atoms with Gasteiger partial charge in [0.15, 0.2) is 0 Å². The minimum absolute atomic E-state index is 0.0280. The van der Waals surface area contributed by atoms with Gasteiger partial charge in [-0.05, 0) is 17.9 Å². The fourth-order valence-electron chi connectivity index (χ4n) is 1.62. The summed E-state index contributed by atoms with van der Waals surface area (Å²) in [5.74, 6) is -0.0936. The van der Waals surface area contributed by atoms with Crippen LogP contribution in [-0.2, 0) is 11.2 Å². The third kappa shape index (κ3) is 3.86. The summed E-state index contributed by atoms with van der Waals surface area (Å²) in [6, 6.07) is 3.84. The van der Waals surface area contributed by atoms with Gasteiger partial charge in [0.25, 0.3) is 0 Å². The molecule has 0 fully saturated rings. The van der Waals surface area contributed by atoms with E-state index < -0.39 is 0 Å². The number of hydrogen-bond donors (Lipinski definition) is 2. The van der Waals surface area contributed by atoms with Crippen LogP contribution in [0, 0.1) is 0 Å². The third-order valence-electron chi connectivity index (χ3n) is 2.70. The van der Waals surface area contributed by atoms with Crippen LogP contribution in [0.3, 0.4) is 0 Å². The predicted molar refractivity (Wildman–Crippen MR) is 78.4 cm³/mol. The zero-order valence-corrected chi connectivity index (χ0v) is 12.3. The first-order chi connectivity index (χ1) is 9.22. The van der Waals surface area contributed by atoms with E-state index in [0.717, 1.165) is 22.0 Å². The average molecular weight is 296 g/mol. The highest BCUT2D eigenvalue weighted by Gasteiger charge is 2.12. The molecule has 2 N–H and O–H groups in total. The molecule has 0 saturated carbocycles. The summed E-state index contributed by atoms with van der Waals surface area (Å²) in [6.45, 7) is 1.90. The number of amides is 1. The highest BCUT2D eigenvalue weighted by atomic mass is 32.1. The maximum atomic E-state index is 11.8. The van der Waals surface area contributed by atoms with Crippen LogP contribution in [0.25, 0.3) is 9.88 Å². The van der Waals surface area contributed by atoms with Gasteiger partial charge in [-0.2, -0.15) is 0 Å². The van der Waals surface area contributed by atoms with Crippen molar-refractivity contribution in [1.82, 2.24) is 10.3 Å². The lowest BCUT2D eigenvalue weighted by molar-refractivity contribution is -0.121. The molecule has 0 aromatic carbocycles. The molecule has 0 aliphatic rings. The first kappa shape index (κ1) is 14.2. The lowest BCUT2D eigenvalue weighted by Crippen LogP contribution is -2.37. The van der Waals surface area contributed by atoms with Crippen molar-refractivity contribution in [3.05, 3.63) is 28.6 Å². The first-order valence-electron chi connectivity index (χ1n) is 6.11. The monoisotopic (exact) mass is 296 g/mol. The van der Waals surface area contributed by atoms with Crippen LogP contribution in [-0.4, -0.2) is 28.6 Å². The Morgan fingerprint density at radius 1 is 1.53 bits per heavy atom. The average Bonchev–Trinajstić information content (AvgIpc) is 3.06. The van der Waals surface area contributed by atoms with Gasteiger partial charge in [-0.15, -0.1) is 22.7 Å². The van der Waals surface area contributed by atoms with Crippen LogP contribution in [0.5, 0.6) is 0 Å². The second-order valence-electron chi connectivity index (χ2n) is 4.15. The Hall–Kier alpha value is -1.24. The van der Waals surface area contributed by atoms with Gasteiger partial charge >= 0.3 is 0 Å². The molecule has 0 spiro atoms. The Bertz CT molecular complexity index is 518. The molecule has 0 radical (unpaired) electrons. The normalized spacial score (nSPS) is 12.3. The molecule has 1 atom stereocenters. The van der Waals surface area contributed by atoms with E-state index in [2.05, 4.69) is 10.3 Å². The molecule has 2 heterocycles. The number of thiazole rings is 1. The van der Waals surface area contributed by atoms with E-state index in [1.54, 1.807) is 22.7 Å². The summed E-state index contributed by atoms with van der Waals surface area (Å²) < 4.78 is 0. The van der Waals surface area contributed by atoms with Crippen molar-refractivity contribution >= 4 is 28.6 Å². The van der Waals surface area contributed by atoms with Crippen molar-refractivity contribution in [2.75, 3.05) is 6.61 Å². The Balaban J connectivity index is 1.95. The lowest BCUT2D eigenvalue weighted by atomic mass is 10.2. The van der Waals surface area contributed by atoms with E-state index in [1.165, 1.54) is 0 Å². The van der Waals surface area contributed by atoms with E-state index in [1.807, 2.05) is 29.8 Å². The Morgan fingerprint density at radius 2 is 2.37 bits per heavy atom. The summed E-state index contributed by atoms with van der Waals surface area (Å²) >= 11 is 3.19. The molecule has 6 heteroatoms. The number of rotatable bonds is 6. The molecule has 102 valence electrons. The fourth-order valence-corrected chi connectivity index (χ4v) is 3.26. The Labute approximate surface area is 120 Å². The van der Waals surface area contributed by atoms with Crippen LogP contribution in [0.2, 0.25) is 0 Å². The second-order valence-corrected chi connectivity index (χ2v) is 5.96. The van der Waals surface area contributed by atoms with Crippen molar-refractivity contribution in [3.8, 4) is 9.88 Å². The molecular weight excluding hydrogens is 280 g/mol. The number of nitrogens with one attached hydrogen (secondary N) is 1. The number of carbonyl (C=O) groups excluding carboxylic acids is 1. The second kappa shape index (κ2) is 6.79. The number of thiophene rings is 1. The van der Waals surface area contributed by atoms with E-state index in [-0.39, 0.29) is 25.0 Å². The van der Waals surface area contributed by atoms with Crippen molar-refractivity contribution in [1.29, 1.82) is 0 Å². The minimum Gasteiger partial charge on any atom is -0.394 e. The van der Waals surface area contributed by atoms with Gasteiger partial charge in [0, 0.05) is 5.38 Å². The van der Waals surface area contributed by atoms with Gasteiger partial charge < -0.3 is 10.4 Å². The maximum absolute atomic E-state index is 11.8. The third-order valence-corrected chi connectivity index (χ3v) is 4.63. The van der Waals surface area contributed by atoms with E-state index in [0.29, 0.717) is 0 Å². The van der Waals surface area contributed by atoms with Gasteiger partial charge in [0.2, 0.25) is 5.91 Å². The molecule has 1 amide bonds. The highest BCUT2D eigenvalue weighted by Crippen LogP contribution is 2.27. The summed E-state index contributed by atoms with van der Waals surface area (Å²) in [5.41, 5.74) is 0.777. The number of aliphatic hydroxyl groups excluding tert-OH is 1. The smallest absolute Gasteiger partial charge is 0.226 e.